The lowest BCUT2D eigenvalue weighted by Crippen LogP contribution is -2.63. The molecule has 4 heterocycles. The van der Waals surface area contributed by atoms with Crippen molar-refractivity contribution in [2.45, 2.75) is 24.6 Å². The predicted octanol–water partition coefficient (Wildman–Crippen LogP) is 2.28. The molecule has 4 fully saturated rings. The van der Waals surface area contributed by atoms with Crippen molar-refractivity contribution < 1.29 is 42.1 Å². The standard InChI is InChI=1S/C16H18N2O4.C2HF3O2/c1-21-13-4-2-12(3-5-13)18-14(19)16(22-15(18)20)10-17-8-6-11(16)7-9-17;3-2(4,5)1(6)7/h2-5,11H,6-10H2,1H3;(H,6,7). The number of carboxylic acid groups (broad SMARTS) is 1. The molecule has 29 heavy (non-hydrogen) atoms. The lowest BCUT2D eigenvalue weighted by molar-refractivity contribution is -0.192. The van der Waals surface area contributed by atoms with Crippen molar-refractivity contribution in [1.82, 2.24) is 4.90 Å². The maximum Gasteiger partial charge on any atom is 0.490 e. The zero-order chi connectivity index (χ0) is 21.4. The first kappa shape index (κ1) is 20.9. The number of hydrogen-bond acceptors (Lipinski definition) is 6. The SMILES string of the molecule is COc1ccc(N2C(=O)OC3(CN4CCC3CC4)C2=O)cc1.O=C(O)C(F)(F)F. The van der Waals surface area contributed by atoms with Crippen LogP contribution in [0.4, 0.5) is 23.7 Å². The van der Waals surface area contributed by atoms with Gasteiger partial charge in [-0.05, 0) is 50.2 Å². The normalized spacial score (nSPS) is 28.1. The number of amides is 2. The molecule has 4 saturated heterocycles. The Morgan fingerprint density at radius 1 is 1.21 bits per heavy atom. The molecule has 158 valence electrons. The van der Waals surface area contributed by atoms with Crippen molar-refractivity contribution in [3.8, 4) is 5.75 Å². The third-order valence-corrected chi connectivity index (χ3v) is 5.30. The van der Waals surface area contributed by atoms with Crippen molar-refractivity contribution in [2.24, 2.45) is 5.92 Å². The molecule has 1 N–H and O–H groups in total. The van der Waals surface area contributed by atoms with Gasteiger partial charge in [0.25, 0.3) is 5.91 Å². The zero-order valence-electron chi connectivity index (χ0n) is 15.4. The van der Waals surface area contributed by atoms with Gasteiger partial charge in [0.2, 0.25) is 5.60 Å². The molecule has 2 amide bonds. The van der Waals surface area contributed by atoms with Gasteiger partial charge in [0.05, 0.1) is 12.8 Å². The van der Waals surface area contributed by atoms with Crippen molar-refractivity contribution in [2.75, 3.05) is 31.6 Å². The Hall–Kier alpha value is -2.82. The van der Waals surface area contributed by atoms with Crippen LogP contribution in [0.15, 0.2) is 24.3 Å². The molecule has 1 unspecified atom stereocenters. The average molecular weight is 416 g/mol. The van der Waals surface area contributed by atoms with Gasteiger partial charge in [0.1, 0.15) is 5.75 Å². The first-order valence-electron chi connectivity index (χ1n) is 8.82. The van der Waals surface area contributed by atoms with E-state index < -0.39 is 23.8 Å². The molecule has 0 aliphatic carbocycles. The minimum absolute atomic E-state index is 0.136. The largest absolute Gasteiger partial charge is 0.497 e. The van der Waals surface area contributed by atoms with Gasteiger partial charge in [-0.1, -0.05) is 0 Å². The molecular weight excluding hydrogens is 397 g/mol. The lowest BCUT2D eigenvalue weighted by atomic mass is 9.75. The van der Waals surface area contributed by atoms with Crippen LogP contribution in [-0.2, 0) is 14.3 Å². The molecule has 4 aliphatic rings. The number of carbonyl (C=O) groups is 3. The number of benzene rings is 1. The van der Waals surface area contributed by atoms with E-state index in [9.17, 15) is 22.8 Å². The number of fused-ring (bicyclic) bond motifs is 2. The molecule has 1 atom stereocenters. The number of methoxy groups -OCH3 is 1. The highest BCUT2D eigenvalue weighted by Crippen LogP contribution is 2.44. The van der Waals surface area contributed by atoms with Crippen LogP contribution in [0.3, 0.4) is 0 Å². The second kappa shape index (κ2) is 7.54. The van der Waals surface area contributed by atoms with Gasteiger partial charge in [0, 0.05) is 12.5 Å². The lowest BCUT2D eigenvalue weighted by Gasteiger charge is -2.48. The van der Waals surface area contributed by atoms with Crippen molar-refractivity contribution in [3.05, 3.63) is 24.3 Å². The van der Waals surface area contributed by atoms with Gasteiger partial charge in [-0.2, -0.15) is 13.2 Å². The van der Waals surface area contributed by atoms with E-state index in [0.29, 0.717) is 18.0 Å². The van der Waals surface area contributed by atoms with Crippen molar-refractivity contribution in [3.63, 3.8) is 0 Å². The highest BCUT2D eigenvalue weighted by Gasteiger charge is 2.62. The number of carbonyl (C=O) groups excluding carboxylic acids is 2. The Morgan fingerprint density at radius 2 is 1.76 bits per heavy atom. The fraction of sp³-hybridized carbons (Fsp3) is 0.500. The van der Waals surface area contributed by atoms with E-state index in [1.165, 1.54) is 4.90 Å². The summed E-state index contributed by atoms with van der Waals surface area (Å²) in [5.41, 5.74) is -0.447. The Labute approximate surface area is 163 Å². The van der Waals surface area contributed by atoms with Crippen LogP contribution < -0.4 is 9.64 Å². The Bertz CT molecular complexity index is 805. The number of piperidine rings is 3. The van der Waals surface area contributed by atoms with Gasteiger partial charge in [-0.3, -0.25) is 9.69 Å². The molecule has 2 bridgehead atoms. The smallest absolute Gasteiger partial charge is 0.490 e. The molecule has 1 aromatic carbocycles. The summed E-state index contributed by atoms with van der Waals surface area (Å²) in [7, 11) is 1.58. The molecular formula is C18H19F3N2O6. The van der Waals surface area contributed by atoms with Crippen LogP contribution >= 0.6 is 0 Å². The first-order chi connectivity index (χ1) is 13.6. The maximum absolute atomic E-state index is 13.0. The fourth-order valence-corrected chi connectivity index (χ4v) is 3.85. The third kappa shape index (κ3) is 3.86. The minimum atomic E-state index is -5.08. The number of anilines is 1. The fourth-order valence-electron chi connectivity index (χ4n) is 3.85. The summed E-state index contributed by atoms with van der Waals surface area (Å²) in [5.74, 6) is -2.16. The molecule has 0 radical (unpaired) electrons. The number of rotatable bonds is 2. The predicted molar refractivity (Wildman–Crippen MR) is 92.5 cm³/mol. The second-order valence-electron chi connectivity index (χ2n) is 6.95. The van der Waals surface area contributed by atoms with E-state index in [0.717, 1.165) is 25.9 Å². The Morgan fingerprint density at radius 3 is 2.17 bits per heavy atom. The summed E-state index contributed by atoms with van der Waals surface area (Å²) in [6.45, 7) is 2.49. The summed E-state index contributed by atoms with van der Waals surface area (Å²) in [6, 6.07) is 6.88. The van der Waals surface area contributed by atoms with Gasteiger partial charge < -0.3 is 14.6 Å². The number of hydrogen-bond donors (Lipinski definition) is 1. The molecule has 0 saturated carbocycles. The quantitative estimate of drug-likeness (QED) is 0.790. The maximum atomic E-state index is 13.0. The Balaban J connectivity index is 0.000000298. The highest BCUT2D eigenvalue weighted by atomic mass is 19.4. The monoisotopic (exact) mass is 416 g/mol. The Kier molecular flexibility index (Phi) is 5.44. The number of aliphatic carboxylic acids is 1. The van der Waals surface area contributed by atoms with Crippen LogP contribution in [-0.4, -0.2) is 66.5 Å². The van der Waals surface area contributed by atoms with E-state index in [2.05, 4.69) is 4.90 Å². The minimum Gasteiger partial charge on any atom is -0.497 e. The second-order valence-corrected chi connectivity index (χ2v) is 6.95. The van der Waals surface area contributed by atoms with Crippen LogP contribution in [0.5, 0.6) is 5.75 Å². The van der Waals surface area contributed by atoms with E-state index in [-0.39, 0.29) is 11.8 Å². The number of imide groups is 1. The summed E-state index contributed by atoms with van der Waals surface area (Å²) < 4.78 is 42.5. The summed E-state index contributed by atoms with van der Waals surface area (Å²) >= 11 is 0. The summed E-state index contributed by atoms with van der Waals surface area (Å²) in [4.78, 5) is 37.6. The number of carboxylic acids is 1. The first-order valence-corrected chi connectivity index (χ1v) is 8.82. The van der Waals surface area contributed by atoms with Crippen LogP contribution in [0.1, 0.15) is 12.8 Å². The molecule has 0 aromatic heterocycles. The van der Waals surface area contributed by atoms with E-state index >= 15 is 0 Å². The van der Waals surface area contributed by atoms with Gasteiger partial charge >= 0.3 is 18.2 Å². The molecule has 1 spiro atoms. The molecule has 5 rings (SSSR count). The van der Waals surface area contributed by atoms with Crippen molar-refractivity contribution >= 4 is 23.7 Å². The topological polar surface area (TPSA) is 96.4 Å². The van der Waals surface area contributed by atoms with E-state index in [4.69, 9.17) is 19.4 Å². The summed E-state index contributed by atoms with van der Waals surface area (Å²) in [6.07, 6.45) is -3.82. The number of ether oxygens (including phenoxy) is 2. The van der Waals surface area contributed by atoms with Gasteiger partial charge in [-0.15, -0.1) is 0 Å². The molecule has 8 nitrogen and oxygen atoms in total. The van der Waals surface area contributed by atoms with E-state index in [1.807, 2.05) is 0 Å². The van der Waals surface area contributed by atoms with Crippen molar-refractivity contribution in [1.29, 1.82) is 0 Å². The third-order valence-electron chi connectivity index (χ3n) is 5.30. The number of alkyl halides is 3. The van der Waals surface area contributed by atoms with Crippen LogP contribution in [0, 0.1) is 5.92 Å². The van der Waals surface area contributed by atoms with Gasteiger partial charge in [0.15, 0.2) is 0 Å². The number of halogens is 3. The van der Waals surface area contributed by atoms with E-state index in [1.54, 1.807) is 31.4 Å². The van der Waals surface area contributed by atoms with Crippen LogP contribution in [0.25, 0.3) is 0 Å². The van der Waals surface area contributed by atoms with Gasteiger partial charge in [-0.25, -0.2) is 14.5 Å². The highest BCUT2D eigenvalue weighted by molar-refractivity contribution is 6.20. The summed E-state index contributed by atoms with van der Waals surface area (Å²) in [5, 5.41) is 7.12. The molecule has 4 aliphatic heterocycles. The van der Waals surface area contributed by atoms with Crippen LogP contribution in [0.2, 0.25) is 0 Å². The molecule has 11 heteroatoms. The number of nitrogens with zero attached hydrogens (tertiary/aromatic N) is 2. The zero-order valence-corrected chi connectivity index (χ0v) is 15.4. The average Bonchev–Trinajstić information content (AvgIpc) is 2.92. The molecule has 1 aromatic rings.